The van der Waals surface area contributed by atoms with Gasteiger partial charge in [-0.2, -0.15) is 0 Å². The molecule has 0 saturated carbocycles. The summed E-state index contributed by atoms with van der Waals surface area (Å²) in [6.45, 7) is 10.7. The van der Waals surface area contributed by atoms with Gasteiger partial charge < -0.3 is 5.32 Å². The maximum absolute atomic E-state index is 3.77. The van der Waals surface area contributed by atoms with Crippen LogP contribution in [0.25, 0.3) is 0 Å². The van der Waals surface area contributed by atoms with E-state index >= 15 is 0 Å². The summed E-state index contributed by atoms with van der Waals surface area (Å²) in [5.74, 6) is 0. The molecule has 1 N–H and O–H groups in total. The zero-order valence-corrected chi connectivity index (χ0v) is 8.76. The van der Waals surface area contributed by atoms with Gasteiger partial charge in [0.15, 0.2) is 0 Å². The minimum absolute atomic E-state index is 0.765. The summed E-state index contributed by atoms with van der Waals surface area (Å²) in [5.41, 5.74) is 0. The average molecular weight is 182 g/mol. The van der Waals surface area contributed by atoms with Crippen molar-refractivity contribution < 1.29 is 0 Å². The van der Waals surface area contributed by atoms with E-state index in [-0.39, 0.29) is 0 Å². The summed E-state index contributed by atoms with van der Waals surface area (Å²) in [6, 6.07) is 0.765. The van der Waals surface area contributed by atoms with Gasteiger partial charge in [-0.3, -0.25) is 4.90 Å². The second kappa shape index (κ2) is 6.17. The van der Waals surface area contributed by atoms with Gasteiger partial charge in [0.25, 0.3) is 0 Å². The molecule has 0 amide bonds. The molecule has 76 valence electrons. The van der Waals surface area contributed by atoms with E-state index in [1.165, 1.54) is 38.9 Å². The van der Waals surface area contributed by atoms with E-state index in [9.17, 15) is 0 Å². The Morgan fingerprint density at radius 2 is 2.15 bits per heavy atom. The number of rotatable bonds is 5. The molecular formula is C11H22N2. The lowest BCUT2D eigenvalue weighted by atomic mass is 10.1. The smallest absolute Gasteiger partial charge is 0.0160 e. The second-order valence-corrected chi connectivity index (χ2v) is 3.82. The first-order valence-corrected chi connectivity index (χ1v) is 5.43. The number of likely N-dealkylation sites (tertiary alicyclic amines) is 1. The van der Waals surface area contributed by atoms with Gasteiger partial charge in [-0.1, -0.05) is 13.0 Å². The van der Waals surface area contributed by atoms with Crippen LogP contribution < -0.4 is 5.32 Å². The van der Waals surface area contributed by atoms with Crippen molar-refractivity contribution in [3.05, 3.63) is 12.7 Å². The van der Waals surface area contributed by atoms with Crippen LogP contribution in [0.3, 0.4) is 0 Å². The van der Waals surface area contributed by atoms with Gasteiger partial charge in [-0.15, -0.1) is 6.58 Å². The van der Waals surface area contributed by atoms with Crippen LogP contribution in [0.2, 0.25) is 0 Å². The Labute approximate surface area is 82.0 Å². The molecule has 2 heteroatoms. The van der Waals surface area contributed by atoms with E-state index in [0.717, 1.165) is 12.6 Å². The number of nitrogens with one attached hydrogen (secondary N) is 1. The highest BCUT2D eigenvalue weighted by atomic mass is 15.1. The molecule has 0 aromatic rings. The number of hydrogen-bond acceptors (Lipinski definition) is 2. The lowest BCUT2D eigenvalue weighted by Crippen LogP contribution is -2.42. The molecule has 0 spiro atoms. The summed E-state index contributed by atoms with van der Waals surface area (Å²) in [5, 5.41) is 3.58. The van der Waals surface area contributed by atoms with E-state index in [1.807, 2.05) is 6.08 Å². The van der Waals surface area contributed by atoms with Crippen LogP contribution in [0.15, 0.2) is 12.7 Å². The first kappa shape index (κ1) is 10.7. The van der Waals surface area contributed by atoms with Crippen molar-refractivity contribution in [1.82, 2.24) is 10.2 Å². The van der Waals surface area contributed by atoms with Crippen molar-refractivity contribution in [2.75, 3.05) is 26.2 Å². The molecule has 1 fully saturated rings. The number of hydrogen-bond donors (Lipinski definition) is 1. The van der Waals surface area contributed by atoms with E-state index in [4.69, 9.17) is 0 Å². The van der Waals surface area contributed by atoms with E-state index < -0.39 is 0 Å². The van der Waals surface area contributed by atoms with E-state index in [2.05, 4.69) is 23.7 Å². The lowest BCUT2D eigenvalue weighted by molar-refractivity contribution is 0.215. The summed E-state index contributed by atoms with van der Waals surface area (Å²) < 4.78 is 0. The number of nitrogens with zero attached hydrogens (tertiary/aromatic N) is 1. The predicted octanol–water partition coefficient (Wildman–Crippen LogP) is 1.64. The van der Waals surface area contributed by atoms with Crippen molar-refractivity contribution in [1.29, 1.82) is 0 Å². The zero-order valence-electron chi connectivity index (χ0n) is 8.76. The topological polar surface area (TPSA) is 15.3 Å². The molecule has 1 saturated heterocycles. The van der Waals surface area contributed by atoms with Crippen molar-refractivity contribution in [3.63, 3.8) is 0 Å². The van der Waals surface area contributed by atoms with Gasteiger partial charge in [0.05, 0.1) is 0 Å². The normalized spacial score (nSPS) is 20.4. The summed E-state index contributed by atoms with van der Waals surface area (Å²) in [7, 11) is 0. The van der Waals surface area contributed by atoms with Gasteiger partial charge in [-0.05, 0) is 38.9 Å². The Bertz CT molecular complexity index is 137. The monoisotopic (exact) mass is 182 g/mol. The van der Waals surface area contributed by atoms with Gasteiger partial charge in [0.2, 0.25) is 0 Å². The molecule has 0 radical (unpaired) electrons. The first-order valence-electron chi connectivity index (χ1n) is 5.43. The van der Waals surface area contributed by atoms with Crippen LogP contribution in [0, 0.1) is 0 Å². The molecule has 0 aliphatic carbocycles. The summed E-state index contributed by atoms with van der Waals surface area (Å²) in [6.07, 6.45) is 5.84. The molecule has 1 rings (SSSR count). The lowest BCUT2D eigenvalue weighted by Gasteiger charge is -2.31. The maximum atomic E-state index is 3.77. The fraction of sp³-hybridized carbons (Fsp3) is 0.818. The highest BCUT2D eigenvalue weighted by Gasteiger charge is 2.16. The van der Waals surface area contributed by atoms with Crippen LogP contribution in [0.1, 0.15) is 26.2 Å². The van der Waals surface area contributed by atoms with Crippen LogP contribution >= 0.6 is 0 Å². The van der Waals surface area contributed by atoms with Crippen LogP contribution in [0.5, 0.6) is 0 Å². The van der Waals surface area contributed by atoms with Crippen molar-refractivity contribution in [2.45, 2.75) is 32.2 Å². The minimum Gasteiger partial charge on any atom is -0.314 e. The van der Waals surface area contributed by atoms with Gasteiger partial charge in [0.1, 0.15) is 0 Å². The van der Waals surface area contributed by atoms with Crippen LogP contribution in [0.4, 0.5) is 0 Å². The molecule has 1 aliphatic rings. The Morgan fingerprint density at radius 3 is 2.69 bits per heavy atom. The van der Waals surface area contributed by atoms with Crippen molar-refractivity contribution in [3.8, 4) is 0 Å². The van der Waals surface area contributed by atoms with Crippen LogP contribution in [-0.4, -0.2) is 37.1 Å². The molecule has 1 heterocycles. The van der Waals surface area contributed by atoms with E-state index in [1.54, 1.807) is 0 Å². The minimum atomic E-state index is 0.765. The fourth-order valence-corrected chi connectivity index (χ4v) is 1.85. The molecule has 0 aromatic carbocycles. The summed E-state index contributed by atoms with van der Waals surface area (Å²) >= 11 is 0. The van der Waals surface area contributed by atoms with Gasteiger partial charge in [-0.25, -0.2) is 0 Å². The zero-order chi connectivity index (χ0) is 9.52. The van der Waals surface area contributed by atoms with Crippen LogP contribution in [-0.2, 0) is 0 Å². The SMILES string of the molecule is C=CCN1CCC(NCCC)CC1. The highest BCUT2D eigenvalue weighted by Crippen LogP contribution is 2.09. The highest BCUT2D eigenvalue weighted by molar-refractivity contribution is 4.81. The quantitative estimate of drug-likeness (QED) is 0.650. The molecule has 0 unspecified atom stereocenters. The standard InChI is InChI=1S/C11H22N2/c1-3-7-12-11-5-9-13(8-4-2)10-6-11/h4,11-12H,2-3,5-10H2,1H3. The molecule has 0 atom stereocenters. The molecule has 0 bridgehead atoms. The average Bonchev–Trinajstić information content (AvgIpc) is 2.17. The fourth-order valence-electron chi connectivity index (χ4n) is 1.85. The second-order valence-electron chi connectivity index (χ2n) is 3.82. The third-order valence-electron chi connectivity index (χ3n) is 2.66. The van der Waals surface area contributed by atoms with Crippen molar-refractivity contribution >= 4 is 0 Å². The Morgan fingerprint density at radius 1 is 1.46 bits per heavy atom. The third kappa shape index (κ3) is 3.92. The Kier molecular flexibility index (Phi) is 5.09. The molecule has 2 nitrogen and oxygen atoms in total. The number of piperidine rings is 1. The molecule has 0 aromatic heterocycles. The van der Waals surface area contributed by atoms with Gasteiger partial charge >= 0.3 is 0 Å². The van der Waals surface area contributed by atoms with E-state index in [0.29, 0.717) is 0 Å². The first-order chi connectivity index (χ1) is 6.36. The Balaban J connectivity index is 2.11. The Hall–Kier alpha value is -0.340. The molecule has 13 heavy (non-hydrogen) atoms. The van der Waals surface area contributed by atoms with Gasteiger partial charge in [0, 0.05) is 12.6 Å². The third-order valence-corrected chi connectivity index (χ3v) is 2.66. The summed E-state index contributed by atoms with van der Waals surface area (Å²) in [4.78, 5) is 2.47. The molecule has 1 aliphatic heterocycles. The predicted molar refractivity (Wildman–Crippen MR) is 58.0 cm³/mol. The maximum Gasteiger partial charge on any atom is 0.0160 e. The van der Waals surface area contributed by atoms with Crippen molar-refractivity contribution in [2.24, 2.45) is 0 Å². The molecular weight excluding hydrogens is 160 g/mol. The largest absolute Gasteiger partial charge is 0.314 e.